The number of rotatable bonds is 6. The van der Waals surface area contributed by atoms with E-state index >= 15 is 0 Å². The first-order valence-corrected chi connectivity index (χ1v) is 7.20. The Morgan fingerprint density at radius 3 is 1.24 bits per heavy atom. The predicted octanol–water partition coefficient (Wildman–Crippen LogP) is -0.538. The van der Waals surface area contributed by atoms with Crippen molar-refractivity contribution < 1.29 is 14.4 Å². The van der Waals surface area contributed by atoms with Gasteiger partial charge in [0.05, 0.1) is 0 Å². The molecule has 0 rings (SSSR count). The summed E-state index contributed by atoms with van der Waals surface area (Å²) in [6, 6.07) is 0. The highest BCUT2D eigenvalue weighted by Crippen LogP contribution is 1.90. The highest BCUT2D eigenvalue weighted by atomic mass is 28.4. The molecule has 7 heteroatoms. The van der Waals surface area contributed by atoms with Crippen molar-refractivity contribution in [1.29, 1.82) is 0 Å². The average Bonchev–Trinajstić information content (AvgIpc) is 2.27. The molecule has 0 radical (unpaired) electrons. The van der Waals surface area contributed by atoms with Crippen LogP contribution in [0.5, 0.6) is 0 Å². The van der Waals surface area contributed by atoms with Crippen LogP contribution in [0.3, 0.4) is 0 Å². The maximum atomic E-state index is 11.2. The van der Waals surface area contributed by atoms with Gasteiger partial charge >= 0.3 is 8.56 Å². The molecule has 0 aliphatic rings. The van der Waals surface area contributed by atoms with Crippen molar-refractivity contribution in [2.45, 2.75) is 6.55 Å². The number of carbonyl (C=O) groups excluding carboxylic acids is 3. The molecular weight excluding hydrogens is 238 g/mol. The predicted molar refractivity (Wildman–Crippen MR) is 66.6 cm³/mol. The maximum absolute atomic E-state index is 11.2. The normalized spacial score (nSPS) is 9.71. The monoisotopic (exact) mass is 253 g/mol. The van der Waals surface area contributed by atoms with Crippen LogP contribution in [0.2, 0.25) is 6.55 Å². The fourth-order valence-corrected chi connectivity index (χ4v) is 2.96. The van der Waals surface area contributed by atoms with E-state index in [0.717, 1.165) is 18.2 Å². The van der Waals surface area contributed by atoms with Gasteiger partial charge in [0.25, 0.3) is 0 Å². The molecule has 0 atom stereocenters. The second-order valence-electron chi connectivity index (χ2n) is 3.21. The van der Waals surface area contributed by atoms with E-state index in [1.807, 2.05) is 0 Å². The number of hydrogen-bond acceptors (Lipinski definition) is 3. The summed E-state index contributed by atoms with van der Waals surface area (Å²) in [6.45, 7) is 11.4. The fourth-order valence-electron chi connectivity index (χ4n) is 0.986. The van der Waals surface area contributed by atoms with E-state index in [9.17, 15) is 14.4 Å². The van der Waals surface area contributed by atoms with Gasteiger partial charge in [-0.1, -0.05) is 19.7 Å². The molecule has 0 aliphatic carbocycles. The lowest BCUT2D eigenvalue weighted by atomic mass is 10.6. The molecule has 0 heterocycles. The van der Waals surface area contributed by atoms with E-state index in [1.54, 1.807) is 0 Å². The van der Waals surface area contributed by atoms with Crippen molar-refractivity contribution in [3.8, 4) is 0 Å². The van der Waals surface area contributed by atoms with E-state index < -0.39 is 26.3 Å². The van der Waals surface area contributed by atoms with E-state index in [0.29, 0.717) is 0 Å². The summed E-state index contributed by atoms with van der Waals surface area (Å²) in [6.07, 6.45) is 3.14. The molecule has 3 N–H and O–H groups in total. The molecule has 0 aromatic heterocycles. The van der Waals surface area contributed by atoms with Crippen molar-refractivity contribution in [2.24, 2.45) is 0 Å². The first-order chi connectivity index (χ1) is 7.86. The molecule has 0 aliphatic heterocycles. The first-order valence-electron chi connectivity index (χ1n) is 4.70. The molecule has 0 spiro atoms. The SMILES string of the molecule is C=CC(=O)N[Si](C)(NC(=O)C=C)NC(=O)C=C. The van der Waals surface area contributed by atoms with Crippen LogP contribution in [0.15, 0.2) is 38.0 Å². The highest BCUT2D eigenvalue weighted by molar-refractivity contribution is 6.78. The van der Waals surface area contributed by atoms with Crippen molar-refractivity contribution in [3.63, 3.8) is 0 Å². The minimum atomic E-state index is -3.01. The lowest BCUT2D eigenvalue weighted by Gasteiger charge is -2.27. The molecule has 17 heavy (non-hydrogen) atoms. The molecule has 0 unspecified atom stereocenters. The molecule has 3 amide bonds. The fraction of sp³-hybridized carbons (Fsp3) is 0.100. The van der Waals surface area contributed by atoms with Crippen LogP contribution in [0.4, 0.5) is 0 Å². The Morgan fingerprint density at radius 1 is 0.824 bits per heavy atom. The van der Waals surface area contributed by atoms with Crippen molar-refractivity contribution >= 4 is 26.3 Å². The van der Waals surface area contributed by atoms with E-state index in [1.165, 1.54) is 6.55 Å². The Balaban J connectivity index is 4.90. The van der Waals surface area contributed by atoms with Gasteiger partial charge in [-0.15, -0.1) is 0 Å². The van der Waals surface area contributed by atoms with E-state index in [-0.39, 0.29) is 0 Å². The van der Waals surface area contributed by atoms with Gasteiger partial charge in [-0.2, -0.15) is 0 Å². The number of hydrogen-bond donors (Lipinski definition) is 3. The van der Waals surface area contributed by atoms with Crippen LogP contribution in [0, 0.1) is 0 Å². The molecule has 0 saturated heterocycles. The third-order valence-corrected chi connectivity index (χ3v) is 3.91. The Bertz CT molecular complexity index is 324. The van der Waals surface area contributed by atoms with Crippen LogP contribution in [0.25, 0.3) is 0 Å². The third kappa shape index (κ3) is 5.47. The molecular formula is C10H15N3O3Si. The Kier molecular flexibility index (Phi) is 5.62. The van der Waals surface area contributed by atoms with Gasteiger partial charge in [-0.3, -0.25) is 14.4 Å². The number of carbonyl (C=O) groups is 3. The van der Waals surface area contributed by atoms with Gasteiger partial charge in [0.2, 0.25) is 17.7 Å². The number of nitrogens with one attached hydrogen (secondary N) is 3. The third-order valence-electron chi connectivity index (χ3n) is 1.68. The van der Waals surface area contributed by atoms with Gasteiger partial charge < -0.3 is 14.9 Å². The van der Waals surface area contributed by atoms with Crippen molar-refractivity contribution in [2.75, 3.05) is 0 Å². The van der Waals surface area contributed by atoms with Gasteiger partial charge in [-0.05, 0) is 24.8 Å². The zero-order chi connectivity index (χ0) is 13.5. The second kappa shape index (κ2) is 6.43. The van der Waals surface area contributed by atoms with Crippen LogP contribution in [-0.4, -0.2) is 26.3 Å². The van der Waals surface area contributed by atoms with Crippen LogP contribution < -0.4 is 14.9 Å². The maximum Gasteiger partial charge on any atom is 0.376 e. The Morgan fingerprint density at radius 2 is 1.06 bits per heavy atom. The quantitative estimate of drug-likeness (QED) is 0.439. The zero-order valence-corrected chi connectivity index (χ0v) is 10.6. The summed E-state index contributed by atoms with van der Waals surface area (Å²) >= 11 is 0. The van der Waals surface area contributed by atoms with Gasteiger partial charge in [-0.25, -0.2) is 0 Å². The van der Waals surface area contributed by atoms with E-state index in [4.69, 9.17) is 0 Å². The highest BCUT2D eigenvalue weighted by Gasteiger charge is 2.33. The van der Waals surface area contributed by atoms with Gasteiger partial charge in [0.1, 0.15) is 0 Å². The summed E-state index contributed by atoms with van der Waals surface area (Å²) in [5.41, 5.74) is 0. The summed E-state index contributed by atoms with van der Waals surface area (Å²) in [5, 5.41) is 0. The summed E-state index contributed by atoms with van der Waals surface area (Å²) < 4.78 is 0. The van der Waals surface area contributed by atoms with E-state index in [2.05, 4.69) is 34.7 Å². The zero-order valence-electron chi connectivity index (χ0n) is 9.58. The molecule has 92 valence electrons. The topological polar surface area (TPSA) is 87.3 Å². The molecule has 0 aromatic rings. The van der Waals surface area contributed by atoms with Gasteiger partial charge in [0, 0.05) is 0 Å². The lowest BCUT2D eigenvalue weighted by molar-refractivity contribution is -0.115. The minimum Gasteiger partial charge on any atom is -0.345 e. The van der Waals surface area contributed by atoms with Gasteiger partial charge in [0.15, 0.2) is 0 Å². The lowest BCUT2D eigenvalue weighted by Crippen LogP contribution is -2.73. The van der Waals surface area contributed by atoms with Crippen LogP contribution >= 0.6 is 0 Å². The second-order valence-corrected chi connectivity index (χ2v) is 6.21. The minimum absolute atomic E-state index is 0.493. The summed E-state index contributed by atoms with van der Waals surface area (Å²) in [5.74, 6) is -1.48. The molecule has 6 nitrogen and oxygen atoms in total. The smallest absolute Gasteiger partial charge is 0.345 e. The average molecular weight is 253 g/mol. The molecule has 0 saturated carbocycles. The van der Waals surface area contributed by atoms with Crippen molar-refractivity contribution in [1.82, 2.24) is 14.9 Å². The Labute approximate surface area is 101 Å². The largest absolute Gasteiger partial charge is 0.376 e. The summed E-state index contributed by atoms with van der Waals surface area (Å²) in [7, 11) is -3.01. The first kappa shape index (κ1) is 14.8. The molecule has 0 bridgehead atoms. The Hall–Kier alpha value is -2.15. The molecule has 0 aromatic carbocycles. The van der Waals surface area contributed by atoms with Crippen LogP contribution in [-0.2, 0) is 14.4 Å². The standard InChI is InChI=1S/C10H15N3O3Si/c1-5-8(14)11-17(4,12-9(15)6-2)13-10(16)7-3/h5-7H,1-3H2,4H3,(H,11,14)(H,12,15)(H,13,16). The van der Waals surface area contributed by atoms with Crippen molar-refractivity contribution in [3.05, 3.63) is 38.0 Å². The number of amides is 3. The molecule has 0 fully saturated rings. The summed E-state index contributed by atoms with van der Waals surface area (Å²) in [4.78, 5) is 41.1. The van der Waals surface area contributed by atoms with Crippen LogP contribution in [0.1, 0.15) is 0 Å².